The Morgan fingerprint density at radius 1 is 0.556 bits per heavy atom. The minimum Gasteiger partial charge on any atom is -0.299 e. The molecule has 132 valence electrons. The minimum atomic E-state index is -0.165. The Bertz CT molecular complexity index is 934. The Balaban J connectivity index is 1.51. The molecular weight excluding hydrogens is 332 g/mol. The summed E-state index contributed by atoms with van der Waals surface area (Å²) >= 11 is 0. The lowest BCUT2D eigenvalue weighted by Crippen LogP contribution is -2.56. The fourth-order valence-corrected chi connectivity index (χ4v) is 7.40. The molecule has 0 aliphatic heterocycles. The number of Topliss-reactive ketones (excluding diaryl/α,β-unsaturated/α-hetero) is 2. The predicted octanol–water partition coefficient (Wildman–Crippen LogP) is 4.10. The van der Waals surface area contributed by atoms with Gasteiger partial charge in [0, 0.05) is 35.5 Å². The molecule has 6 aliphatic carbocycles. The van der Waals surface area contributed by atoms with Crippen molar-refractivity contribution in [2.24, 2.45) is 35.5 Å². The second kappa shape index (κ2) is 4.67. The van der Waals surface area contributed by atoms with Crippen molar-refractivity contribution in [1.29, 1.82) is 0 Å². The van der Waals surface area contributed by atoms with E-state index in [1.165, 1.54) is 22.3 Å². The average molecular weight is 352 g/mol. The zero-order valence-corrected chi connectivity index (χ0v) is 14.9. The Labute approximate surface area is 158 Å². The van der Waals surface area contributed by atoms with Gasteiger partial charge in [0.05, 0.1) is 0 Å². The van der Waals surface area contributed by atoms with Crippen LogP contribution in [0.3, 0.4) is 0 Å². The van der Waals surface area contributed by atoms with Gasteiger partial charge in [-0.2, -0.15) is 0 Å². The molecule has 6 atom stereocenters. The molecule has 0 amide bonds. The number of allylic oxidation sites excluding steroid dienone is 2. The largest absolute Gasteiger partial charge is 0.299 e. The smallest absolute Gasteiger partial charge is 0.142 e. The van der Waals surface area contributed by atoms with Gasteiger partial charge in [0.25, 0.3) is 0 Å². The van der Waals surface area contributed by atoms with Crippen LogP contribution in [-0.2, 0) is 9.59 Å². The highest BCUT2D eigenvalue weighted by Gasteiger charge is 2.65. The SMILES string of the molecule is O=C1[C@H]2[C@@H](C(=O)[C@H]3C4c5ccccc5C(c5ccccc54)[C@@H]13)[C@H]1C=C[C@@H]2C1. The number of carbonyl (C=O) groups is 2. The molecule has 8 rings (SSSR count). The molecule has 0 saturated heterocycles. The van der Waals surface area contributed by atoms with Crippen molar-refractivity contribution >= 4 is 11.6 Å². The highest BCUT2D eigenvalue weighted by Crippen LogP contribution is 2.64. The monoisotopic (exact) mass is 352 g/mol. The molecule has 0 heterocycles. The summed E-state index contributed by atoms with van der Waals surface area (Å²) in [6.07, 6.45) is 5.42. The van der Waals surface area contributed by atoms with Crippen LogP contribution in [-0.4, -0.2) is 11.6 Å². The standard InChI is InChI=1S/C25H20O2/c26-24-18-12-9-10-13(11-12)19(18)25(27)23-21-15-6-2-1-5-14(15)20(22(23)24)16-7-3-4-8-17(16)21/h1-10,12-13,18-23H,11H2/t12-,13+,18-,19+,20?,21?,22-,23+. The molecule has 0 spiro atoms. The second-order valence-corrected chi connectivity index (χ2v) is 9.07. The molecular formula is C25H20O2. The van der Waals surface area contributed by atoms with Crippen LogP contribution < -0.4 is 0 Å². The average Bonchev–Trinajstić information content (AvgIpc) is 3.33. The minimum absolute atomic E-state index is 0.0490. The normalized spacial score (nSPS) is 41.9. The van der Waals surface area contributed by atoms with Crippen LogP contribution in [0.2, 0.25) is 0 Å². The second-order valence-electron chi connectivity index (χ2n) is 9.07. The van der Waals surface area contributed by atoms with E-state index < -0.39 is 0 Å². The first-order chi connectivity index (χ1) is 13.3. The van der Waals surface area contributed by atoms with E-state index in [0.717, 1.165) is 6.42 Å². The van der Waals surface area contributed by atoms with Gasteiger partial charge < -0.3 is 0 Å². The van der Waals surface area contributed by atoms with Gasteiger partial charge in [-0.3, -0.25) is 9.59 Å². The van der Waals surface area contributed by atoms with Gasteiger partial charge in [0.2, 0.25) is 0 Å². The molecule has 6 aliphatic rings. The maximum Gasteiger partial charge on any atom is 0.142 e. The van der Waals surface area contributed by atoms with Gasteiger partial charge in [-0.15, -0.1) is 0 Å². The maximum absolute atomic E-state index is 13.8. The number of hydrogen-bond acceptors (Lipinski definition) is 2. The number of carbonyl (C=O) groups excluding carboxylic acids is 2. The summed E-state index contributed by atoms with van der Waals surface area (Å²) < 4.78 is 0. The predicted molar refractivity (Wildman–Crippen MR) is 101 cm³/mol. The van der Waals surface area contributed by atoms with Gasteiger partial charge in [-0.25, -0.2) is 0 Å². The third-order valence-corrected chi connectivity index (χ3v) is 8.21. The van der Waals surface area contributed by atoms with Gasteiger partial charge in [0.15, 0.2) is 0 Å². The van der Waals surface area contributed by atoms with Crippen LogP contribution in [0, 0.1) is 35.5 Å². The number of hydrogen-bond donors (Lipinski definition) is 0. The lowest BCUT2D eigenvalue weighted by Gasteiger charge is -2.54. The summed E-state index contributed by atoms with van der Waals surface area (Å²) in [5.41, 5.74) is 5.11. The van der Waals surface area contributed by atoms with E-state index in [9.17, 15) is 9.59 Å². The molecule has 2 fully saturated rings. The van der Waals surface area contributed by atoms with E-state index in [0.29, 0.717) is 23.4 Å². The first-order valence-electron chi connectivity index (χ1n) is 10.2. The van der Waals surface area contributed by atoms with Crippen molar-refractivity contribution in [3.63, 3.8) is 0 Å². The third-order valence-electron chi connectivity index (χ3n) is 8.21. The van der Waals surface area contributed by atoms with Crippen molar-refractivity contribution in [1.82, 2.24) is 0 Å². The molecule has 4 bridgehead atoms. The van der Waals surface area contributed by atoms with Gasteiger partial charge >= 0.3 is 0 Å². The number of benzene rings is 2. The quantitative estimate of drug-likeness (QED) is 0.669. The van der Waals surface area contributed by atoms with Gasteiger partial charge in [-0.1, -0.05) is 60.7 Å². The highest BCUT2D eigenvalue weighted by atomic mass is 16.1. The number of fused-ring (bicyclic) bond motifs is 5. The first-order valence-corrected chi connectivity index (χ1v) is 10.2. The highest BCUT2D eigenvalue weighted by molar-refractivity contribution is 6.03. The van der Waals surface area contributed by atoms with E-state index in [2.05, 4.69) is 60.7 Å². The summed E-state index contributed by atoms with van der Waals surface area (Å²) in [5, 5.41) is 0. The van der Waals surface area contributed by atoms with Crippen molar-refractivity contribution in [3.05, 3.63) is 82.9 Å². The molecule has 0 unspecified atom stereocenters. The molecule has 2 saturated carbocycles. The van der Waals surface area contributed by atoms with Crippen molar-refractivity contribution in [2.45, 2.75) is 18.3 Å². The number of rotatable bonds is 0. The Hall–Kier alpha value is -2.48. The Morgan fingerprint density at radius 3 is 1.30 bits per heavy atom. The topological polar surface area (TPSA) is 34.1 Å². The van der Waals surface area contributed by atoms with E-state index in [-0.39, 0.29) is 35.5 Å². The lowest BCUT2D eigenvalue weighted by atomic mass is 9.47. The van der Waals surface area contributed by atoms with Gasteiger partial charge in [0.1, 0.15) is 11.6 Å². The summed E-state index contributed by atoms with van der Waals surface area (Å²) in [7, 11) is 0. The van der Waals surface area contributed by atoms with Crippen molar-refractivity contribution in [3.8, 4) is 0 Å². The van der Waals surface area contributed by atoms with Crippen molar-refractivity contribution < 1.29 is 9.59 Å². The maximum atomic E-state index is 13.8. The molecule has 2 nitrogen and oxygen atoms in total. The zero-order valence-electron chi connectivity index (χ0n) is 14.9. The van der Waals surface area contributed by atoms with E-state index in [1.54, 1.807) is 0 Å². The van der Waals surface area contributed by atoms with Crippen LogP contribution >= 0.6 is 0 Å². The summed E-state index contributed by atoms with van der Waals surface area (Å²) in [4.78, 5) is 27.6. The van der Waals surface area contributed by atoms with E-state index >= 15 is 0 Å². The molecule has 0 aromatic heterocycles. The van der Waals surface area contributed by atoms with Crippen molar-refractivity contribution in [2.75, 3.05) is 0 Å². The summed E-state index contributed by atoms with van der Waals surface area (Å²) in [6, 6.07) is 17.1. The molecule has 0 N–H and O–H groups in total. The Morgan fingerprint density at radius 2 is 0.926 bits per heavy atom. The Kier molecular flexibility index (Phi) is 2.52. The lowest BCUT2D eigenvalue weighted by molar-refractivity contribution is -0.150. The molecule has 2 heteroatoms. The molecule has 0 radical (unpaired) electrons. The van der Waals surface area contributed by atoms with E-state index in [1.807, 2.05) is 0 Å². The summed E-state index contributed by atoms with van der Waals surface area (Å²) in [6.45, 7) is 0. The van der Waals surface area contributed by atoms with Crippen LogP contribution in [0.25, 0.3) is 0 Å². The number of ketones is 2. The molecule has 2 aromatic carbocycles. The zero-order chi connectivity index (χ0) is 17.9. The molecule has 27 heavy (non-hydrogen) atoms. The van der Waals surface area contributed by atoms with Crippen LogP contribution in [0.5, 0.6) is 0 Å². The third kappa shape index (κ3) is 1.52. The molecule has 2 aromatic rings. The van der Waals surface area contributed by atoms with Crippen LogP contribution in [0.15, 0.2) is 60.7 Å². The van der Waals surface area contributed by atoms with Crippen LogP contribution in [0.1, 0.15) is 40.5 Å². The fraction of sp³-hybridized carbons (Fsp3) is 0.360. The van der Waals surface area contributed by atoms with Crippen LogP contribution in [0.4, 0.5) is 0 Å². The fourth-order valence-electron chi connectivity index (χ4n) is 7.40. The summed E-state index contributed by atoms with van der Waals surface area (Å²) in [5.74, 6) is 0.982. The van der Waals surface area contributed by atoms with Gasteiger partial charge in [-0.05, 0) is 40.5 Å². The first kappa shape index (κ1) is 14.6. The van der Waals surface area contributed by atoms with E-state index in [4.69, 9.17) is 0 Å².